The first-order chi connectivity index (χ1) is 11.9. The van der Waals surface area contributed by atoms with Gasteiger partial charge in [0.1, 0.15) is 0 Å². The first-order valence-corrected chi connectivity index (χ1v) is 10.9. The van der Waals surface area contributed by atoms with Crippen LogP contribution in [0.4, 0.5) is 0 Å². The zero-order valence-electron chi connectivity index (χ0n) is 16.2. The van der Waals surface area contributed by atoms with Crippen molar-refractivity contribution < 1.29 is 9.90 Å². The van der Waals surface area contributed by atoms with Gasteiger partial charge >= 0.3 is 0 Å². The van der Waals surface area contributed by atoms with Crippen LogP contribution in [0.5, 0.6) is 0 Å². The summed E-state index contributed by atoms with van der Waals surface area (Å²) in [6.07, 6.45) is 12.7. The topological polar surface area (TPSA) is 63.3 Å². The Hall–Kier alpha value is -0.570. The van der Waals surface area contributed by atoms with Gasteiger partial charge in [-0.2, -0.15) is 0 Å². The average Bonchev–Trinajstić information content (AvgIpc) is 2.91. The van der Waals surface area contributed by atoms with Crippen LogP contribution < -0.4 is 5.73 Å². The predicted octanol–water partition coefficient (Wildman–Crippen LogP) is 4.27. The fourth-order valence-electron chi connectivity index (χ4n) is 8.12. The van der Waals surface area contributed by atoms with Crippen LogP contribution >= 0.6 is 0 Å². The normalized spacial score (nSPS) is 52.1. The lowest BCUT2D eigenvalue weighted by molar-refractivity contribution is -0.132. The van der Waals surface area contributed by atoms with Gasteiger partial charge in [0, 0.05) is 5.92 Å². The molecule has 3 heteroatoms. The van der Waals surface area contributed by atoms with E-state index in [0.717, 1.165) is 55.8 Å². The smallest absolute Gasteiger partial charge is 0.221 e. The van der Waals surface area contributed by atoms with E-state index in [1.165, 1.54) is 38.5 Å². The molecule has 0 spiro atoms. The molecule has 0 unspecified atom stereocenters. The molecule has 4 rings (SSSR count). The number of rotatable bonds is 3. The highest BCUT2D eigenvalue weighted by molar-refractivity contribution is 5.78. The number of primary amides is 1. The van der Waals surface area contributed by atoms with Gasteiger partial charge in [0.05, 0.1) is 5.60 Å². The number of amides is 1. The third-order valence-corrected chi connectivity index (χ3v) is 9.16. The van der Waals surface area contributed by atoms with Crippen molar-refractivity contribution in [3.05, 3.63) is 0 Å². The largest absolute Gasteiger partial charge is 0.390 e. The first-order valence-electron chi connectivity index (χ1n) is 10.9. The van der Waals surface area contributed by atoms with Crippen LogP contribution in [0, 0.1) is 40.9 Å². The maximum atomic E-state index is 12.0. The number of nitrogens with two attached hydrogens (primary N) is 1. The second-order valence-electron chi connectivity index (χ2n) is 10.2. The van der Waals surface area contributed by atoms with E-state index >= 15 is 0 Å². The van der Waals surface area contributed by atoms with Crippen molar-refractivity contribution in [2.45, 2.75) is 90.1 Å². The van der Waals surface area contributed by atoms with Crippen molar-refractivity contribution in [3.63, 3.8) is 0 Å². The second-order valence-corrected chi connectivity index (χ2v) is 10.2. The number of hydrogen-bond donors (Lipinski definition) is 2. The Morgan fingerprint density at radius 3 is 2.52 bits per heavy atom. The fourth-order valence-corrected chi connectivity index (χ4v) is 8.12. The molecule has 25 heavy (non-hydrogen) atoms. The van der Waals surface area contributed by atoms with E-state index in [9.17, 15) is 9.90 Å². The van der Waals surface area contributed by atoms with Crippen molar-refractivity contribution in [3.8, 4) is 0 Å². The number of carbonyl (C=O) groups excluding carboxylic acids is 1. The molecule has 0 aromatic rings. The summed E-state index contributed by atoms with van der Waals surface area (Å²) >= 11 is 0. The zero-order chi connectivity index (χ0) is 17.8. The number of aliphatic hydroxyl groups is 1. The van der Waals surface area contributed by atoms with Gasteiger partial charge in [-0.1, -0.05) is 20.3 Å². The van der Waals surface area contributed by atoms with Gasteiger partial charge in [-0.15, -0.1) is 0 Å². The van der Waals surface area contributed by atoms with Gasteiger partial charge in [-0.05, 0) is 99.2 Å². The minimum atomic E-state index is -0.379. The maximum Gasteiger partial charge on any atom is 0.221 e. The van der Waals surface area contributed by atoms with Gasteiger partial charge in [-0.3, -0.25) is 4.79 Å². The minimum absolute atomic E-state index is 0.0561. The van der Waals surface area contributed by atoms with Crippen molar-refractivity contribution in [2.24, 2.45) is 46.7 Å². The molecule has 0 aromatic heterocycles. The van der Waals surface area contributed by atoms with Gasteiger partial charge in [0.15, 0.2) is 0 Å². The van der Waals surface area contributed by atoms with Crippen molar-refractivity contribution in [2.75, 3.05) is 0 Å². The van der Waals surface area contributed by atoms with Crippen LogP contribution in [0.25, 0.3) is 0 Å². The van der Waals surface area contributed by atoms with Crippen molar-refractivity contribution >= 4 is 5.91 Å². The zero-order valence-corrected chi connectivity index (χ0v) is 16.2. The highest BCUT2D eigenvalue weighted by atomic mass is 16.3. The molecule has 142 valence electrons. The standard InChI is InChI=1S/C22H37NO2/c1-3-10-22(25)12-9-15-14(13-22)4-5-17-16(15)8-11-21(2)18(17)6-7-19(21)20(23)24/h14-19,25H,3-13H2,1-2H3,(H2,23,24)/t14-,15+,16-,17-,18+,19-,21+,22-/m1/s1. The highest BCUT2D eigenvalue weighted by Gasteiger charge is 2.58. The molecule has 4 aliphatic carbocycles. The molecule has 3 N–H and O–H groups in total. The molecule has 4 fully saturated rings. The molecular weight excluding hydrogens is 310 g/mol. The second kappa shape index (κ2) is 6.25. The molecule has 0 heterocycles. The van der Waals surface area contributed by atoms with Gasteiger partial charge in [-0.25, -0.2) is 0 Å². The van der Waals surface area contributed by atoms with E-state index in [-0.39, 0.29) is 22.8 Å². The maximum absolute atomic E-state index is 12.0. The molecule has 0 saturated heterocycles. The van der Waals surface area contributed by atoms with Crippen LogP contribution in [0.15, 0.2) is 0 Å². The number of hydrogen-bond acceptors (Lipinski definition) is 2. The molecule has 3 nitrogen and oxygen atoms in total. The van der Waals surface area contributed by atoms with E-state index in [0.29, 0.717) is 5.92 Å². The fraction of sp³-hybridized carbons (Fsp3) is 0.955. The molecule has 1 amide bonds. The monoisotopic (exact) mass is 347 g/mol. The molecule has 0 aliphatic heterocycles. The van der Waals surface area contributed by atoms with Crippen LogP contribution in [0.3, 0.4) is 0 Å². The van der Waals surface area contributed by atoms with Crippen LogP contribution in [0.2, 0.25) is 0 Å². The van der Waals surface area contributed by atoms with Crippen LogP contribution in [-0.4, -0.2) is 16.6 Å². The Labute approximate surface area is 153 Å². The first kappa shape index (κ1) is 17.8. The van der Waals surface area contributed by atoms with E-state index in [2.05, 4.69) is 13.8 Å². The lowest BCUT2D eigenvalue weighted by Crippen LogP contribution is -2.51. The quantitative estimate of drug-likeness (QED) is 0.800. The number of carbonyl (C=O) groups is 1. The Kier molecular flexibility index (Phi) is 4.46. The van der Waals surface area contributed by atoms with E-state index in [1.807, 2.05) is 0 Å². The van der Waals surface area contributed by atoms with Crippen LogP contribution in [0.1, 0.15) is 84.5 Å². The Morgan fingerprint density at radius 2 is 1.80 bits per heavy atom. The predicted molar refractivity (Wildman–Crippen MR) is 99.7 cm³/mol. The van der Waals surface area contributed by atoms with Gasteiger partial charge in [0.2, 0.25) is 5.91 Å². The Balaban J connectivity index is 1.51. The van der Waals surface area contributed by atoms with Crippen LogP contribution in [-0.2, 0) is 4.79 Å². The lowest BCUT2D eigenvalue weighted by atomic mass is 9.49. The van der Waals surface area contributed by atoms with E-state index < -0.39 is 0 Å². The van der Waals surface area contributed by atoms with E-state index in [4.69, 9.17) is 5.73 Å². The summed E-state index contributed by atoms with van der Waals surface area (Å²) in [6, 6.07) is 0. The average molecular weight is 348 g/mol. The molecule has 4 aliphatic rings. The Morgan fingerprint density at radius 1 is 1.04 bits per heavy atom. The molecular formula is C22H37NO2. The lowest BCUT2D eigenvalue weighted by Gasteiger charge is -2.57. The van der Waals surface area contributed by atoms with E-state index in [1.54, 1.807) is 0 Å². The minimum Gasteiger partial charge on any atom is -0.390 e. The summed E-state index contributed by atoms with van der Waals surface area (Å²) in [5.41, 5.74) is 5.54. The summed E-state index contributed by atoms with van der Waals surface area (Å²) < 4.78 is 0. The molecule has 4 saturated carbocycles. The number of fused-ring (bicyclic) bond motifs is 5. The SMILES string of the molecule is CCC[C@@]1(O)CC[C@H]2[C@H](CC[C@@H]3[C@@H]2CC[C@]2(C)[C@@H](C(N)=O)CC[C@@H]32)C1. The summed E-state index contributed by atoms with van der Waals surface area (Å²) in [4.78, 5) is 12.0. The van der Waals surface area contributed by atoms with Gasteiger partial charge in [0.25, 0.3) is 0 Å². The van der Waals surface area contributed by atoms with Crippen molar-refractivity contribution in [1.29, 1.82) is 0 Å². The summed E-state index contributed by atoms with van der Waals surface area (Å²) in [5, 5.41) is 10.9. The third-order valence-electron chi connectivity index (χ3n) is 9.16. The molecule has 0 bridgehead atoms. The highest BCUT2D eigenvalue weighted by Crippen LogP contribution is 2.64. The Bertz CT molecular complexity index is 534. The molecule has 0 aromatic carbocycles. The summed E-state index contributed by atoms with van der Waals surface area (Å²) in [5.74, 6) is 3.98. The summed E-state index contributed by atoms with van der Waals surface area (Å²) in [7, 11) is 0. The molecule has 8 atom stereocenters. The third kappa shape index (κ3) is 2.76. The summed E-state index contributed by atoms with van der Waals surface area (Å²) in [6.45, 7) is 4.56. The molecule has 0 radical (unpaired) electrons. The van der Waals surface area contributed by atoms with Crippen molar-refractivity contribution in [1.82, 2.24) is 0 Å². The van der Waals surface area contributed by atoms with Gasteiger partial charge < -0.3 is 10.8 Å².